The van der Waals surface area contributed by atoms with E-state index in [1.807, 2.05) is 43.3 Å². The van der Waals surface area contributed by atoms with Crippen molar-refractivity contribution in [1.29, 1.82) is 0 Å². The van der Waals surface area contributed by atoms with Crippen molar-refractivity contribution in [2.24, 2.45) is 0 Å². The molecule has 0 bridgehead atoms. The fourth-order valence-electron chi connectivity index (χ4n) is 3.24. The maximum atomic E-state index is 12.6. The summed E-state index contributed by atoms with van der Waals surface area (Å²) < 4.78 is 28.0. The number of sulfonamides is 1. The number of aryl methyl sites for hydroxylation is 1. The summed E-state index contributed by atoms with van der Waals surface area (Å²) >= 11 is 0. The number of anilines is 1. The minimum atomic E-state index is -3.39. The molecule has 0 saturated carbocycles. The molecule has 0 aliphatic carbocycles. The predicted octanol–water partition coefficient (Wildman–Crippen LogP) is 2.78. The molecule has 2 heterocycles. The van der Waals surface area contributed by atoms with E-state index < -0.39 is 10.0 Å². The number of hydrogen-bond donors (Lipinski definition) is 1. The third-order valence-electron chi connectivity index (χ3n) is 4.82. The Morgan fingerprint density at radius 3 is 2.41 bits per heavy atom. The lowest BCUT2D eigenvalue weighted by Crippen LogP contribution is -2.37. The molecule has 1 N–H and O–H groups in total. The van der Waals surface area contributed by atoms with E-state index in [0.717, 1.165) is 30.0 Å². The number of nitrogens with zero attached hydrogens (tertiary/aromatic N) is 3. The van der Waals surface area contributed by atoms with Crippen molar-refractivity contribution in [3.63, 3.8) is 0 Å². The summed E-state index contributed by atoms with van der Waals surface area (Å²) in [5, 5.41) is 8.26. The first kappa shape index (κ1) is 19.8. The van der Waals surface area contributed by atoms with Gasteiger partial charge in [-0.05, 0) is 42.0 Å². The van der Waals surface area contributed by atoms with Crippen LogP contribution < -0.4 is 9.62 Å². The summed E-state index contributed by atoms with van der Waals surface area (Å²) in [6, 6.07) is 11.6. The Balaban J connectivity index is 1.59. The van der Waals surface area contributed by atoms with Gasteiger partial charge in [0.1, 0.15) is 0 Å². The molecule has 6 nitrogen and oxygen atoms in total. The van der Waals surface area contributed by atoms with E-state index in [1.165, 1.54) is 5.56 Å². The van der Waals surface area contributed by atoms with E-state index >= 15 is 0 Å². The standard InChI is InChI=1S/C20H28N4O2S/c1-15-5-10-19(22-21-15)24-12-11-18(13-24)23-27(25,26)14-16-6-8-17(9-7-16)20(2,3)4/h5-10,18,23H,11-14H2,1-4H3/t18-/m0/s1. The molecule has 1 saturated heterocycles. The lowest BCUT2D eigenvalue weighted by Gasteiger charge is -2.19. The second-order valence-electron chi connectivity index (χ2n) is 8.29. The lowest BCUT2D eigenvalue weighted by molar-refractivity contribution is 0.560. The molecule has 2 aromatic rings. The smallest absolute Gasteiger partial charge is 0.216 e. The van der Waals surface area contributed by atoms with Crippen molar-refractivity contribution in [2.45, 2.75) is 51.3 Å². The van der Waals surface area contributed by atoms with E-state index in [2.05, 4.69) is 40.6 Å². The largest absolute Gasteiger partial charge is 0.353 e. The monoisotopic (exact) mass is 388 g/mol. The average molecular weight is 389 g/mol. The Labute approximate surface area is 162 Å². The van der Waals surface area contributed by atoms with Crippen LogP contribution in [0.25, 0.3) is 0 Å². The quantitative estimate of drug-likeness (QED) is 0.852. The molecule has 1 fully saturated rings. The van der Waals surface area contributed by atoms with Gasteiger partial charge in [-0.2, -0.15) is 5.10 Å². The zero-order valence-electron chi connectivity index (χ0n) is 16.4. The third-order valence-corrected chi connectivity index (χ3v) is 6.22. The fraction of sp³-hybridized carbons (Fsp3) is 0.500. The van der Waals surface area contributed by atoms with Crippen LogP contribution in [0.15, 0.2) is 36.4 Å². The molecule has 3 rings (SSSR count). The maximum Gasteiger partial charge on any atom is 0.216 e. The first-order valence-corrected chi connectivity index (χ1v) is 10.9. The minimum absolute atomic E-state index is 0.00173. The summed E-state index contributed by atoms with van der Waals surface area (Å²) in [5.41, 5.74) is 2.92. The molecule has 1 aliphatic heterocycles. The van der Waals surface area contributed by atoms with Crippen molar-refractivity contribution < 1.29 is 8.42 Å². The van der Waals surface area contributed by atoms with Crippen LogP contribution in [0.2, 0.25) is 0 Å². The summed E-state index contributed by atoms with van der Waals surface area (Å²) in [7, 11) is -3.39. The van der Waals surface area contributed by atoms with Crippen LogP contribution in [0.1, 0.15) is 44.0 Å². The highest BCUT2D eigenvalue weighted by Gasteiger charge is 2.27. The Bertz CT molecular complexity index is 872. The molecule has 7 heteroatoms. The highest BCUT2D eigenvalue weighted by Crippen LogP contribution is 2.23. The molecular weight excluding hydrogens is 360 g/mol. The van der Waals surface area contributed by atoms with E-state index in [4.69, 9.17) is 0 Å². The summed E-state index contributed by atoms with van der Waals surface area (Å²) in [6.45, 7) is 9.70. The van der Waals surface area contributed by atoms with Crippen LogP contribution >= 0.6 is 0 Å². The Kier molecular flexibility index (Phi) is 5.53. The van der Waals surface area contributed by atoms with Gasteiger partial charge >= 0.3 is 0 Å². The van der Waals surface area contributed by atoms with Crippen LogP contribution in [-0.4, -0.2) is 37.7 Å². The second-order valence-corrected chi connectivity index (χ2v) is 10.0. The van der Waals surface area contributed by atoms with Crippen molar-refractivity contribution >= 4 is 15.8 Å². The van der Waals surface area contributed by atoms with Gasteiger partial charge in [0.25, 0.3) is 0 Å². The van der Waals surface area contributed by atoms with Gasteiger partial charge in [-0.15, -0.1) is 5.10 Å². The van der Waals surface area contributed by atoms with Gasteiger partial charge in [-0.25, -0.2) is 13.1 Å². The molecule has 146 valence electrons. The van der Waals surface area contributed by atoms with Crippen LogP contribution in [0.5, 0.6) is 0 Å². The van der Waals surface area contributed by atoms with Crippen molar-refractivity contribution in [2.75, 3.05) is 18.0 Å². The first-order chi connectivity index (χ1) is 12.6. The SMILES string of the molecule is Cc1ccc(N2CC[C@H](NS(=O)(=O)Cc3ccc(C(C)(C)C)cc3)C2)nn1. The summed E-state index contributed by atoms with van der Waals surface area (Å²) in [4.78, 5) is 2.07. The normalized spacial score (nSPS) is 18.1. The number of aromatic nitrogens is 2. The highest BCUT2D eigenvalue weighted by atomic mass is 32.2. The van der Waals surface area contributed by atoms with E-state index in [9.17, 15) is 8.42 Å². The van der Waals surface area contributed by atoms with E-state index in [1.54, 1.807) is 0 Å². The highest BCUT2D eigenvalue weighted by molar-refractivity contribution is 7.88. The predicted molar refractivity (Wildman–Crippen MR) is 108 cm³/mol. The van der Waals surface area contributed by atoms with Gasteiger partial charge in [0.05, 0.1) is 11.4 Å². The molecule has 0 spiro atoms. The number of nitrogens with one attached hydrogen (secondary N) is 1. The molecule has 27 heavy (non-hydrogen) atoms. The minimum Gasteiger partial charge on any atom is -0.353 e. The second kappa shape index (κ2) is 7.56. The van der Waals surface area contributed by atoms with Crippen LogP contribution in [0.3, 0.4) is 0 Å². The zero-order chi connectivity index (χ0) is 19.7. The van der Waals surface area contributed by atoms with Gasteiger partial charge in [-0.3, -0.25) is 0 Å². The van der Waals surface area contributed by atoms with Gasteiger partial charge in [0.2, 0.25) is 10.0 Å². The number of benzene rings is 1. The van der Waals surface area contributed by atoms with Gasteiger partial charge in [-0.1, -0.05) is 45.0 Å². The summed E-state index contributed by atoms with van der Waals surface area (Å²) in [5.74, 6) is 0.790. The molecular formula is C20H28N4O2S. The third kappa shape index (κ3) is 5.26. The summed E-state index contributed by atoms with van der Waals surface area (Å²) in [6.07, 6.45) is 0.762. The maximum absolute atomic E-state index is 12.6. The molecule has 1 aliphatic rings. The lowest BCUT2D eigenvalue weighted by atomic mass is 9.87. The van der Waals surface area contributed by atoms with Crippen LogP contribution in [-0.2, 0) is 21.2 Å². The molecule has 0 amide bonds. The topological polar surface area (TPSA) is 75.2 Å². The first-order valence-electron chi connectivity index (χ1n) is 9.27. The Hall–Kier alpha value is -1.99. The molecule has 1 aromatic heterocycles. The molecule has 0 unspecified atom stereocenters. The van der Waals surface area contributed by atoms with Crippen molar-refractivity contribution in [1.82, 2.24) is 14.9 Å². The van der Waals surface area contributed by atoms with Crippen molar-refractivity contribution in [3.8, 4) is 0 Å². The molecule has 1 atom stereocenters. The van der Waals surface area contributed by atoms with E-state index in [-0.39, 0.29) is 17.2 Å². The van der Waals surface area contributed by atoms with Crippen LogP contribution in [0.4, 0.5) is 5.82 Å². The van der Waals surface area contributed by atoms with Crippen molar-refractivity contribution in [3.05, 3.63) is 53.2 Å². The van der Waals surface area contributed by atoms with E-state index in [0.29, 0.717) is 6.54 Å². The molecule has 1 aromatic carbocycles. The van der Waals surface area contributed by atoms with Crippen LogP contribution in [0, 0.1) is 6.92 Å². The average Bonchev–Trinajstić information content (AvgIpc) is 3.02. The number of hydrogen-bond acceptors (Lipinski definition) is 5. The van der Waals surface area contributed by atoms with Gasteiger partial charge < -0.3 is 4.90 Å². The van der Waals surface area contributed by atoms with Gasteiger partial charge in [0, 0.05) is 19.1 Å². The van der Waals surface area contributed by atoms with Gasteiger partial charge in [0.15, 0.2) is 5.82 Å². The Morgan fingerprint density at radius 2 is 1.81 bits per heavy atom. The fourth-order valence-corrected chi connectivity index (χ4v) is 4.66. The zero-order valence-corrected chi connectivity index (χ0v) is 17.3. The Morgan fingerprint density at radius 1 is 1.11 bits per heavy atom. The number of rotatable bonds is 5. The molecule has 0 radical (unpaired) electrons.